The summed E-state index contributed by atoms with van der Waals surface area (Å²) in [6.07, 6.45) is 4.92. The lowest BCUT2D eigenvalue weighted by Crippen LogP contribution is -2.40. The first-order valence-corrected chi connectivity index (χ1v) is 9.56. The Morgan fingerprint density at radius 1 is 1.22 bits per heavy atom. The van der Waals surface area contributed by atoms with Gasteiger partial charge in [-0.2, -0.15) is 0 Å². The first-order valence-electron chi connectivity index (χ1n) is 9.18. The minimum atomic E-state index is 0. The maximum absolute atomic E-state index is 11.7. The van der Waals surface area contributed by atoms with E-state index in [9.17, 15) is 4.79 Å². The van der Waals surface area contributed by atoms with Crippen molar-refractivity contribution >= 4 is 47.4 Å². The van der Waals surface area contributed by atoms with Gasteiger partial charge in [-0.1, -0.05) is 24.1 Å². The molecule has 0 unspecified atom stereocenters. The quantitative estimate of drug-likeness (QED) is 0.208. The van der Waals surface area contributed by atoms with Gasteiger partial charge in [-0.05, 0) is 43.4 Å². The van der Waals surface area contributed by atoms with Crippen LogP contribution in [0, 0.1) is 5.92 Å². The maximum Gasteiger partial charge on any atom is 0.223 e. The molecule has 0 aliphatic heterocycles. The Kier molecular flexibility index (Phi) is 11.5. The Labute approximate surface area is 183 Å². The first-order chi connectivity index (χ1) is 12.6. The second-order valence-electron chi connectivity index (χ2n) is 6.41. The van der Waals surface area contributed by atoms with Gasteiger partial charge in [0.15, 0.2) is 5.96 Å². The van der Waals surface area contributed by atoms with E-state index in [-0.39, 0.29) is 35.8 Å². The number of guanidine groups is 1. The molecule has 2 rings (SSSR count). The molecule has 0 radical (unpaired) electrons. The van der Waals surface area contributed by atoms with Gasteiger partial charge in [-0.25, -0.2) is 0 Å². The van der Waals surface area contributed by atoms with Gasteiger partial charge in [0.25, 0.3) is 0 Å². The van der Waals surface area contributed by atoms with Crippen molar-refractivity contribution in [3.63, 3.8) is 0 Å². The van der Waals surface area contributed by atoms with Crippen LogP contribution in [0.1, 0.15) is 31.2 Å². The molecular weight excluding hydrogens is 479 g/mol. The van der Waals surface area contributed by atoms with Gasteiger partial charge in [-0.3, -0.25) is 9.79 Å². The Balaban J connectivity index is 0.00000364. The van der Waals surface area contributed by atoms with Crippen molar-refractivity contribution in [2.45, 2.75) is 32.1 Å². The molecular formula is C19H30ClIN4O2. The number of hydrogen-bond acceptors (Lipinski definition) is 3. The molecule has 0 heterocycles. The van der Waals surface area contributed by atoms with Crippen molar-refractivity contribution in [1.29, 1.82) is 0 Å². The number of carbonyl (C=O) groups excluding carboxylic acids is 1. The number of aliphatic imine (C=N–C) groups is 1. The SMILES string of the molecule is CN=C(NCCCNC(=O)C1CCC1)NCCc1ccc(OC)cc1Cl.I. The Bertz CT molecular complexity index is 624. The number of ether oxygens (including phenoxy) is 1. The summed E-state index contributed by atoms with van der Waals surface area (Å²) in [6.45, 7) is 2.18. The van der Waals surface area contributed by atoms with Gasteiger partial charge < -0.3 is 20.7 Å². The van der Waals surface area contributed by atoms with Gasteiger partial charge in [0.1, 0.15) is 5.75 Å². The molecule has 0 spiro atoms. The van der Waals surface area contributed by atoms with Crippen LogP contribution in [0.2, 0.25) is 5.02 Å². The van der Waals surface area contributed by atoms with Crippen LogP contribution in [0.15, 0.2) is 23.2 Å². The second-order valence-corrected chi connectivity index (χ2v) is 6.81. The fourth-order valence-corrected chi connectivity index (χ4v) is 2.98. The van der Waals surface area contributed by atoms with Gasteiger partial charge in [0.2, 0.25) is 5.91 Å². The van der Waals surface area contributed by atoms with Crippen molar-refractivity contribution in [2.75, 3.05) is 33.8 Å². The zero-order valence-corrected chi connectivity index (χ0v) is 19.1. The van der Waals surface area contributed by atoms with Crippen molar-refractivity contribution in [3.8, 4) is 5.75 Å². The van der Waals surface area contributed by atoms with Gasteiger partial charge in [0.05, 0.1) is 7.11 Å². The van der Waals surface area contributed by atoms with Crippen molar-refractivity contribution < 1.29 is 9.53 Å². The minimum absolute atomic E-state index is 0. The second kappa shape index (κ2) is 13.0. The van der Waals surface area contributed by atoms with E-state index in [1.54, 1.807) is 14.2 Å². The highest BCUT2D eigenvalue weighted by atomic mass is 127. The number of methoxy groups -OCH3 is 1. The highest BCUT2D eigenvalue weighted by Gasteiger charge is 2.24. The van der Waals surface area contributed by atoms with Crippen molar-refractivity contribution in [3.05, 3.63) is 28.8 Å². The van der Waals surface area contributed by atoms with E-state index in [0.717, 1.165) is 56.0 Å². The predicted molar refractivity (Wildman–Crippen MR) is 121 cm³/mol. The summed E-state index contributed by atoms with van der Waals surface area (Å²) in [7, 11) is 3.37. The molecule has 6 nitrogen and oxygen atoms in total. The van der Waals surface area contributed by atoms with Crippen LogP contribution in [-0.4, -0.2) is 45.7 Å². The molecule has 152 valence electrons. The van der Waals surface area contributed by atoms with E-state index in [2.05, 4.69) is 20.9 Å². The zero-order chi connectivity index (χ0) is 18.8. The highest BCUT2D eigenvalue weighted by molar-refractivity contribution is 14.0. The molecule has 3 N–H and O–H groups in total. The minimum Gasteiger partial charge on any atom is -0.497 e. The standard InChI is InChI=1S/C19H29ClN4O2.HI/c1-21-19(23-11-4-10-22-18(25)15-5-3-6-15)24-12-9-14-7-8-16(26-2)13-17(14)20;/h7-8,13,15H,3-6,9-12H2,1-2H3,(H,22,25)(H2,21,23,24);1H. The number of nitrogens with one attached hydrogen (secondary N) is 3. The summed E-state index contributed by atoms with van der Waals surface area (Å²) >= 11 is 6.25. The molecule has 8 heteroatoms. The fourth-order valence-electron chi connectivity index (χ4n) is 2.72. The summed E-state index contributed by atoms with van der Waals surface area (Å²) in [5, 5.41) is 10.2. The number of halogens is 2. The summed E-state index contributed by atoms with van der Waals surface area (Å²) in [6, 6.07) is 5.71. The van der Waals surface area contributed by atoms with Gasteiger partial charge >= 0.3 is 0 Å². The summed E-state index contributed by atoms with van der Waals surface area (Å²) in [5.74, 6) is 1.96. The number of carbonyl (C=O) groups is 1. The van der Waals surface area contributed by atoms with Crippen LogP contribution in [0.3, 0.4) is 0 Å². The topological polar surface area (TPSA) is 74.8 Å². The molecule has 1 aliphatic carbocycles. The van der Waals surface area contributed by atoms with E-state index in [1.807, 2.05) is 18.2 Å². The van der Waals surface area contributed by atoms with Crippen LogP contribution in [0.25, 0.3) is 0 Å². The van der Waals surface area contributed by atoms with E-state index in [1.165, 1.54) is 6.42 Å². The average Bonchev–Trinajstić information content (AvgIpc) is 2.59. The average molecular weight is 509 g/mol. The van der Waals surface area contributed by atoms with Crippen LogP contribution >= 0.6 is 35.6 Å². The maximum atomic E-state index is 11.7. The van der Waals surface area contributed by atoms with E-state index >= 15 is 0 Å². The molecule has 0 atom stereocenters. The third kappa shape index (κ3) is 8.13. The number of rotatable bonds is 9. The fraction of sp³-hybridized carbons (Fsp3) is 0.579. The van der Waals surface area contributed by atoms with Crippen LogP contribution < -0.4 is 20.7 Å². The lowest BCUT2D eigenvalue weighted by molar-refractivity contribution is -0.127. The molecule has 1 amide bonds. The number of benzene rings is 1. The lowest BCUT2D eigenvalue weighted by Gasteiger charge is -2.24. The van der Waals surface area contributed by atoms with Crippen LogP contribution in [0.5, 0.6) is 5.75 Å². The Hall–Kier alpha value is -1.22. The molecule has 0 aromatic heterocycles. The summed E-state index contributed by atoms with van der Waals surface area (Å²) < 4.78 is 5.16. The molecule has 1 fully saturated rings. The number of hydrogen-bond donors (Lipinski definition) is 3. The molecule has 1 aliphatic rings. The molecule has 0 saturated heterocycles. The van der Waals surface area contributed by atoms with Crippen LogP contribution in [-0.2, 0) is 11.2 Å². The molecule has 27 heavy (non-hydrogen) atoms. The van der Waals surface area contributed by atoms with Crippen LogP contribution in [0.4, 0.5) is 0 Å². The Morgan fingerprint density at radius 3 is 2.52 bits per heavy atom. The third-order valence-electron chi connectivity index (χ3n) is 4.59. The number of nitrogens with zero attached hydrogens (tertiary/aromatic N) is 1. The van der Waals surface area contributed by atoms with E-state index < -0.39 is 0 Å². The normalized spacial score (nSPS) is 14.0. The molecule has 1 aromatic rings. The smallest absolute Gasteiger partial charge is 0.223 e. The monoisotopic (exact) mass is 508 g/mol. The zero-order valence-electron chi connectivity index (χ0n) is 16.0. The van der Waals surface area contributed by atoms with E-state index in [0.29, 0.717) is 11.6 Å². The third-order valence-corrected chi connectivity index (χ3v) is 4.94. The molecule has 1 aromatic carbocycles. The molecule has 1 saturated carbocycles. The molecule has 0 bridgehead atoms. The summed E-state index contributed by atoms with van der Waals surface area (Å²) in [4.78, 5) is 15.9. The van der Waals surface area contributed by atoms with Gasteiger partial charge in [-0.15, -0.1) is 24.0 Å². The van der Waals surface area contributed by atoms with E-state index in [4.69, 9.17) is 16.3 Å². The largest absolute Gasteiger partial charge is 0.497 e. The highest BCUT2D eigenvalue weighted by Crippen LogP contribution is 2.26. The number of amides is 1. The predicted octanol–water partition coefficient (Wildman–Crippen LogP) is 2.98. The van der Waals surface area contributed by atoms with Crippen molar-refractivity contribution in [2.24, 2.45) is 10.9 Å². The van der Waals surface area contributed by atoms with Gasteiger partial charge in [0, 0.05) is 37.6 Å². The van der Waals surface area contributed by atoms with Crippen molar-refractivity contribution in [1.82, 2.24) is 16.0 Å². The first kappa shape index (κ1) is 23.8. The summed E-state index contributed by atoms with van der Waals surface area (Å²) in [5.41, 5.74) is 1.06. The Morgan fingerprint density at radius 2 is 1.93 bits per heavy atom. The lowest BCUT2D eigenvalue weighted by atomic mass is 9.85.